The van der Waals surface area contributed by atoms with Gasteiger partial charge in [0.1, 0.15) is 0 Å². The van der Waals surface area contributed by atoms with Gasteiger partial charge in [-0.1, -0.05) is 31.2 Å². The lowest BCUT2D eigenvalue weighted by molar-refractivity contribution is 0.918. The van der Waals surface area contributed by atoms with Crippen LogP contribution in [0.25, 0.3) is 0 Å². The largest absolute Gasteiger partial charge is 0.399 e. The Kier molecular flexibility index (Phi) is 3.28. The predicted octanol–water partition coefficient (Wildman–Crippen LogP) is 3.62. The number of hydrogen-bond acceptors (Lipinski definition) is 2. The molecule has 0 heterocycles. The summed E-state index contributed by atoms with van der Waals surface area (Å²) < 4.78 is 0. The zero-order chi connectivity index (χ0) is 13.3. The fourth-order valence-electron chi connectivity index (χ4n) is 2.13. The molecule has 2 aromatic carbocycles. The fraction of sp³-hybridized carbons (Fsp3) is 0.250. The van der Waals surface area contributed by atoms with E-state index < -0.39 is 0 Å². The number of benzene rings is 2. The van der Waals surface area contributed by atoms with E-state index in [9.17, 15) is 0 Å². The SMILES string of the molecule is Cc1cc(C(C)c2ccc(N)c(C)c2)ccc1N. The van der Waals surface area contributed by atoms with Gasteiger partial charge in [0.05, 0.1) is 0 Å². The Balaban J connectivity index is 2.37. The summed E-state index contributed by atoms with van der Waals surface area (Å²) in [7, 11) is 0. The van der Waals surface area contributed by atoms with Crippen molar-refractivity contribution in [2.75, 3.05) is 11.5 Å². The highest BCUT2D eigenvalue weighted by molar-refractivity contribution is 5.52. The number of aryl methyl sites for hydroxylation is 2. The Hall–Kier alpha value is -1.96. The van der Waals surface area contributed by atoms with Gasteiger partial charge in [-0.3, -0.25) is 0 Å². The van der Waals surface area contributed by atoms with Crippen LogP contribution in [0.15, 0.2) is 36.4 Å². The summed E-state index contributed by atoms with van der Waals surface area (Å²) in [5.74, 6) is 0.351. The first-order chi connectivity index (χ1) is 8.49. The summed E-state index contributed by atoms with van der Waals surface area (Å²) in [6.07, 6.45) is 0. The molecular weight excluding hydrogens is 220 g/mol. The molecule has 0 aromatic heterocycles. The van der Waals surface area contributed by atoms with Crippen molar-refractivity contribution in [3.05, 3.63) is 58.7 Å². The molecule has 2 heteroatoms. The Morgan fingerprint density at radius 2 is 1.17 bits per heavy atom. The summed E-state index contributed by atoms with van der Waals surface area (Å²) in [6, 6.07) is 12.5. The van der Waals surface area contributed by atoms with Gasteiger partial charge in [-0.25, -0.2) is 0 Å². The summed E-state index contributed by atoms with van der Waals surface area (Å²) in [6.45, 7) is 6.29. The molecule has 0 amide bonds. The molecule has 2 aromatic rings. The van der Waals surface area contributed by atoms with Gasteiger partial charge < -0.3 is 11.5 Å². The zero-order valence-electron chi connectivity index (χ0n) is 11.2. The third kappa shape index (κ3) is 2.33. The van der Waals surface area contributed by atoms with Crippen molar-refractivity contribution < 1.29 is 0 Å². The summed E-state index contributed by atoms with van der Waals surface area (Å²) in [5, 5.41) is 0. The molecule has 0 aliphatic rings. The molecule has 0 fully saturated rings. The van der Waals surface area contributed by atoms with E-state index in [1.165, 1.54) is 11.1 Å². The molecule has 0 unspecified atom stereocenters. The first-order valence-electron chi connectivity index (χ1n) is 6.21. The van der Waals surface area contributed by atoms with E-state index in [1.54, 1.807) is 0 Å². The van der Waals surface area contributed by atoms with Gasteiger partial charge in [0.25, 0.3) is 0 Å². The molecule has 0 atom stereocenters. The summed E-state index contributed by atoms with van der Waals surface area (Å²) >= 11 is 0. The van der Waals surface area contributed by atoms with Crippen molar-refractivity contribution >= 4 is 11.4 Å². The topological polar surface area (TPSA) is 52.0 Å². The molecule has 0 spiro atoms. The standard InChI is InChI=1S/C16H20N2/c1-10-8-13(4-6-15(10)17)12(3)14-5-7-16(18)11(2)9-14/h4-9,12H,17-18H2,1-3H3. The van der Waals surface area contributed by atoms with Gasteiger partial charge >= 0.3 is 0 Å². The van der Waals surface area contributed by atoms with Crippen molar-refractivity contribution in [3.63, 3.8) is 0 Å². The second-order valence-electron chi connectivity index (χ2n) is 4.95. The molecule has 4 N–H and O–H groups in total. The van der Waals surface area contributed by atoms with Gasteiger partial charge in [0, 0.05) is 17.3 Å². The number of anilines is 2. The van der Waals surface area contributed by atoms with Crippen molar-refractivity contribution in [2.24, 2.45) is 0 Å². The molecule has 2 nitrogen and oxygen atoms in total. The molecule has 0 radical (unpaired) electrons. The highest BCUT2D eigenvalue weighted by Gasteiger charge is 2.10. The van der Waals surface area contributed by atoms with Crippen molar-refractivity contribution in [1.82, 2.24) is 0 Å². The monoisotopic (exact) mass is 240 g/mol. The first kappa shape index (κ1) is 12.5. The van der Waals surface area contributed by atoms with Crippen molar-refractivity contribution in [2.45, 2.75) is 26.7 Å². The summed E-state index contributed by atoms with van der Waals surface area (Å²) in [4.78, 5) is 0. The van der Waals surface area contributed by atoms with E-state index in [1.807, 2.05) is 26.0 Å². The number of nitrogen functional groups attached to an aromatic ring is 2. The normalized spacial score (nSPS) is 10.9. The highest BCUT2D eigenvalue weighted by atomic mass is 14.6. The Labute approximate surface area is 109 Å². The minimum Gasteiger partial charge on any atom is -0.399 e. The maximum Gasteiger partial charge on any atom is 0.0343 e. The minimum atomic E-state index is 0.351. The Bertz CT molecular complexity index is 522. The van der Waals surface area contributed by atoms with Crippen LogP contribution < -0.4 is 11.5 Å². The molecule has 0 bridgehead atoms. The smallest absolute Gasteiger partial charge is 0.0343 e. The lowest BCUT2D eigenvalue weighted by atomic mass is 9.91. The van der Waals surface area contributed by atoms with Gasteiger partial charge in [-0.15, -0.1) is 0 Å². The molecule has 2 rings (SSSR count). The minimum absolute atomic E-state index is 0.351. The molecule has 0 aliphatic carbocycles. The van der Waals surface area contributed by atoms with Gasteiger partial charge in [0.15, 0.2) is 0 Å². The Morgan fingerprint density at radius 1 is 0.778 bits per heavy atom. The average Bonchev–Trinajstić information content (AvgIpc) is 2.35. The highest BCUT2D eigenvalue weighted by Crippen LogP contribution is 2.28. The van der Waals surface area contributed by atoms with Crippen molar-refractivity contribution in [1.29, 1.82) is 0 Å². The lowest BCUT2D eigenvalue weighted by Crippen LogP contribution is -2.00. The fourth-order valence-corrected chi connectivity index (χ4v) is 2.13. The van der Waals surface area contributed by atoms with Crippen LogP contribution in [0.3, 0.4) is 0 Å². The zero-order valence-corrected chi connectivity index (χ0v) is 11.2. The summed E-state index contributed by atoms with van der Waals surface area (Å²) in [5.41, 5.74) is 18.2. The second-order valence-corrected chi connectivity index (χ2v) is 4.95. The molecule has 94 valence electrons. The quantitative estimate of drug-likeness (QED) is 0.788. The van der Waals surface area contributed by atoms with E-state index in [4.69, 9.17) is 11.5 Å². The van der Waals surface area contributed by atoms with Gasteiger partial charge in [-0.2, -0.15) is 0 Å². The van der Waals surface area contributed by atoms with Crippen LogP contribution in [0, 0.1) is 13.8 Å². The molecular formula is C16H20N2. The predicted molar refractivity (Wildman–Crippen MR) is 78.7 cm³/mol. The first-order valence-corrected chi connectivity index (χ1v) is 6.21. The van der Waals surface area contributed by atoms with Gasteiger partial charge in [-0.05, 0) is 48.2 Å². The maximum absolute atomic E-state index is 5.85. The molecule has 0 saturated heterocycles. The molecule has 0 aliphatic heterocycles. The van der Waals surface area contributed by atoms with Crippen LogP contribution in [-0.2, 0) is 0 Å². The molecule has 0 saturated carbocycles. The number of hydrogen-bond donors (Lipinski definition) is 2. The maximum atomic E-state index is 5.85. The third-order valence-corrected chi connectivity index (χ3v) is 3.59. The van der Waals surface area contributed by atoms with E-state index in [0.29, 0.717) is 5.92 Å². The Morgan fingerprint density at radius 3 is 1.50 bits per heavy atom. The number of nitrogens with two attached hydrogens (primary N) is 2. The number of rotatable bonds is 2. The van der Waals surface area contributed by atoms with Crippen LogP contribution in [0.4, 0.5) is 11.4 Å². The van der Waals surface area contributed by atoms with Crippen LogP contribution in [-0.4, -0.2) is 0 Å². The third-order valence-electron chi connectivity index (χ3n) is 3.59. The van der Waals surface area contributed by atoms with Crippen molar-refractivity contribution in [3.8, 4) is 0 Å². The van der Waals surface area contributed by atoms with E-state index in [0.717, 1.165) is 22.5 Å². The van der Waals surface area contributed by atoms with E-state index in [2.05, 4.69) is 31.2 Å². The van der Waals surface area contributed by atoms with Crippen LogP contribution in [0.2, 0.25) is 0 Å². The van der Waals surface area contributed by atoms with Crippen LogP contribution >= 0.6 is 0 Å². The van der Waals surface area contributed by atoms with Crippen LogP contribution in [0.5, 0.6) is 0 Å². The second kappa shape index (κ2) is 4.73. The van der Waals surface area contributed by atoms with E-state index in [-0.39, 0.29) is 0 Å². The van der Waals surface area contributed by atoms with Crippen LogP contribution in [0.1, 0.15) is 35.1 Å². The molecule has 18 heavy (non-hydrogen) atoms. The van der Waals surface area contributed by atoms with E-state index >= 15 is 0 Å². The average molecular weight is 240 g/mol. The lowest BCUT2D eigenvalue weighted by Gasteiger charge is -2.15. The van der Waals surface area contributed by atoms with Gasteiger partial charge in [0.2, 0.25) is 0 Å².